The SMILES string of the molecule is C=CCCCCCCCC(C(=O)OC)C(O)C(C)O[Si](C)(C)C(C)(C)C. The molecular weight excluding hydrogens is 344 g/mol. The van der Waals surface area contributed by atoms with Crippen LogP contribution in [0.4, 0.5) is 0 Å². The van der Waals surface area contributed by atoms with Crippen LogP contribution >= 0.6 is 0 Å². The Labute approximate surface area is 162 Å². The van der Waals surface area contributed by atoms with Crippen molar-refractivity contribution in [3.63, 3.8) is 0 Å². The lowest BCUT2D eigenvalue weighted by molar-refractivity contribution is -0.152. The summed E-state index contributed by atoms with van der Waals surface area (Å²) in [6, 6.07) is 0. The van der Waals surface area contributed by atoms with Gasteiger partial charge in [0.2, 0.25) is 0 Å². The van der Waals surface area contributed by atoms with Crippen molar-refractivity contribution in [3.05, 3.63) is 12.7 Å². The van der Waals surface area contributed by atoms with E-state index < -0.39 is 20.3 Å². The Balaban J connectivity index is 4.66. The van der Waals surface area contributed by atoms with Crippen LogP contribution in [-0.2, 0) is 14.0 Å². The van der Waals surface area contributed by atoms with Gasteiger partial charge in [0, 0.05) is 0 Å². The summed E-state index contributed by atoms with van der Waals surface area (Å²) in [7, 11) is -0.613. The zero-order valence-corrected chi connectivity index (χ0v) is 19.1. The van der Waals surface area contributed by atoms with Gasteiger partial charge in [-0.15, -0.1) is 6.58 Å². The van der Waals surface area contributed by atoms with E-state index in [-0.39, 0.29) is 17.1 Å². The van der Waals surface area contributed by atoms with Crippen LogP contribution in [0.15, 0.2) is 12.7 Å². The summed E-state index contributed by atoms with van der Waals surface area (Å²) in [5.74, 6) is -0.859. The van der Waals surface area contributed by atoms with Crippen LogP contribution in [0, 0.1) is 5.92 Å². The van der Waals surface area contributed by atoms with Crippen molar-refractivity contribution >= 4 is 14.3 Å². The lowest BCUT2D eigenvalue weighted by Gasteiger charge is -2.40. The molecule has 0 radical (unpaired) electrons. The standard InChI is InChI=1S/C21H42O4Si/c1-9-10-11-12-13-14-15-16-18(20(23)24-6)19(22)17(2)25-26(7,8)21(3,4)5/h9,17-19,22H,1,10-16H2,2-8H3. The van der Waals surface area contributed by atoms with Crippen molar-refractivity contribution in [2.45, 2.75) is 103 Å². The monoisotopic (exact) mass is 386 g/mol. The molecule has 0 fully saturated rings. The highest BCUT2D eigenvalue weighted by atomic mass is 28.4. The van der Waals surface area contributed by atoms with Gasteiger partial charge in [-0.2, -0.15) is 0 Å². The van der Waals surface area contributed by atoms with Gasteiger partial charge < -0.3 is 14.3 Å². The van der Waals surface area contributed by atoms with E-state index in [2.05, 4.69) is 40.4 Å². The fourth-order valence-electron chi connectivity index (χ4n) is 2.80. The number of hydrogen-bond acceptors (Lipinski definition) is 4. The first-order valence-electron chi connectivity index (χ1n) is 10.0. The molecule has 0 aliphatic rings. The van der Waals surface area contributed by atoms with Gasteiger partial charge in [0.15, 0.2) is 8.32 Å². The molecule has 154 valence electrons. The van der Waals surface area contributed by atoms with Crippen LogP contribution in [0.5, 0.6) is 0 Å². The summed E-state index contributed by atoms with van der Waals surface area (Å²) in [6.07, 6.45) is 7.91. The van der Waals surface area contributed by atoms with Gasteiger partial charge >= 0.3 is 5.97 Å². The number of unbranched alkanes of at least 4 members (excludes halogenated alkanes) is 5. The molecule has 0 saturated heterocycles. The topological polar surface area (TPSA) is 55.8 Å². The molecule has 3 atom stereocenters. The number of carbonyl (C=O) groups excluding carboxylic acids is 1. The molecule has 0 aromatic carbocycles. The largest absolute Gasteiger partial charge is 0.469 e. The van der Waals surface area contributed by atoms with Crippen LogP contribution in [0.3, 0.4) is 0 Å². The highest BCUT2D eigenvalue weighted by molar-refractivity contribution is 6.74. The van der Waals surface area contributed by atoms with Crippen LogP contribution in [0.2, 0.25) is 18.1 Å². The molecule has 0 aliphatic carbocycles. The third kappa shape index (κ3) is 8.83. The predicted molar refractivity (Wildman–Crippen MR) is 112 cm³/mol. The highest BCUT2D eigenvalue weighted by Crippen LogP contribution is 2.38. The third-order valence-corrected chi connectivity index (χ3v) is 10.2. The van der Waals surface area contributed by atoms with E-state index >= 15 is 0 Å². The minimum absolute atomic E-state index is 0.0627. The van der Waals surface area contributed by atoms with E-state index in [1.807, 2.05) is 13.0 Å². The molecule has 4 nitrogen and oxygen atoms in total. The first-order chi connectivity index (χ1) is 12.0. The maximum atomic E-state index is 12.2. The Morgan fingerprint density at radius 1 is 1.15 bits per heavy atom. The zero-order valence-electron chi connectivity index (χ0n) is 18.1. The second-order valence-electron chi connectivity index (χ2n) is 8.84. The molecule has 0 saturated carbocycles. The van der Waals surface area contributed by atoms with Gasteiger partial charge in [-0.05, 0) is 44.3 Å². The molecule has 0 aromatic heterocycles. The Morgan fingerprint density at radius 3 is 2.19 bits per heavy atom. The zero-order chi connectivity index (χ0) is 20.4. The minimum atomic E-state index is -2.00. The van der Waals surface area contributed by atoms with E-state index in [1.165, 1.54) is 20.0 Å². The van der Waals surface area contributed by atoms with E-state index in [0.29, 0.717) is 6.42 Å². The average Bonchev–Trinajstić information content (AvgIpc) is 2.54. The van der Waals surface area contributed by atoms with Gasteiger partial charge in [0.25, 0.3) is 0 Å². The molecule has 0 spiro atoms. The number of aliphatic hydroxyl groups excluding tert-OH is 1. The van der Waals surface area contributed by atoms with Crippen molar-refractivity contribution in [2.24, 2.45) is 5.92 Å². The summed E-state index contributed by atoms with van der Waals surface area (Å²) < 4.78 is 11.2. The maximum Gasteiger partial charge on any atom is 0.311 e. The average molecular weight is 387 g/mol. The first-order valence-corrected chi connectivity index (χ1v) is 12.9. The fourth-order valence-corrected chi connectivity index (χ4v) is 4.22. The predicted octanol–water partition coefficient (Wildman–Crippen LogP) is 5.46. The number of hydrogen-bond donors (Lipinski definition) is 1. The molecule has 0 amide bonds. The number of allylic oxidation sites excluding steroid dienone is 1. The van der Waals surface area contributed by atoms with Crippen LogP contribution < -0.4 is 0 Å². The van der Waals surface area contributed by atoms with E-state index in [4.69, 9.17) is 9.16 Å². The van der Waals surface area contributed by atoms with Crippen molar-refractivity contribution in [1.82, 2.24) is 0 Å². The molecule has 0 aliphatic heterocycles. The number of carbonyl (C=O) groups is 1. The van der Waals surface area contributed by atoms with Gasteiger partial charge in [0.1, 0.15) is 0 Å². The number of aliphatic hydroxyl groups is 1. The normalized spacial score (nSPS) is 16.0. The number of ether oxygens (including phenoxy) is 1. The van der Waals surface area contributed by atoms with Crippen LogP contribution in [0.25, 0.3) is 0 Å². The number of rotatable bonds is 13. The van der Waals surface area contributed by atoms with E-state index in [1.54, 1.807) is 0 Å². The van der Waals surface area contributed by atoms with Gasteiger partial charge in [-0.3, -0.25) is 4.79 Å². The Hall–Kier alpha value is -0.653. The maximum absolute atomic E-state index is 12.2. The second-order valence-corrected chi connectivity index (χ2v) is 13.6. The summed E-state index contributed by atoms with van der Waals surface area (Å²) in [5.41, 5.74) is 0. The molecule has 26 heavy (non-hydrogen) atoms. The molecule has 0 bridgehead atoms. The minimum Gasteiger partial charge on any atom is -0.469 e. The quantitative estimate of drug-likeness (QED) is 0.197. The summed E-state index contributed by atoms with van der Waals surface area (Å²) in [6.45, 7) is 16.4. The van der Waals surface area contributed by atoms with E-state index in [9.17, 15) is 9.90 Å². The molecule has 0 rings (SSSR count). The molecule has 1 N–H and O–H groups in total. The molecule has 0 aromatic rings. The molecule has 3 unspecified atom stereocenters. The van der Waals surface area contributed by atoms with Crippen molar-refractivity contribution in [2.75, 3.05) is 7.11 Å². The molecular formula is C21H42O4Si. The lowest BCUT2D eigenvalue weighted by Crippen LogP contribution is -2.48. The highest BCUT2D eigenvalue weighted by Gasteiger charge is 2.41. The number of esters is 1. The van der Waals surface area contributed by atoms with Gasteiger partial charge in [-0.1, -0.05) is 52.5 Å². The van der Waals surface area contributed by atoms with Crippen LogP contribution in [0.1, 0.15) is 72.6 Å². The Kier molecular flexibility index (Phi) is 11.6. The second kappa shape index (κ2) is 11.9. The smallest absolute Gasteiger partial charge is 0.311 e. The summed E-state index contributed by atoms with van der Waals surface area (Å²) in [4.78, 5) is 12.2. The van der Waals surface area contributed by atoms with E-state index in [0.717, 1.165) is 25.7 Å². The van der Waals surface area contributed by atoms with Gasteiger partial charge in [-0.25, -0.2) is 0 Å². The molecule has 5 heteroatoms. The van der Waals surface area contributed by atoms with Crippen molar-refractivity contribution in [3.8, 4) is 0 Å². The molecule has 0 heterocycles. The Bertz CT molecular complexity index is 415. The summed E-state index contributed by atoms with van der Waals surface area (Å²) >= 11 is 0. The number of methoxy groups -OCH3 is 1. The third-order valence-electron chi connectivity index (χ3n) is 5.61. The van der Waals surface area contributed by atoms with Crippen molar-refractivity contribution < 1.29 is 19.1 Å². The Morgan fingerprint density at radius 2 is 1.69 bits per heavy atom. The summed E-state index contributed by atoms with van der Waals surface area (Å²) in [5, 5.41) is 10.8. The first kappa shape index (κ1) is 25.3. The fraction of sp³-hybridized carbons (Fsp3) is 0.857. The van der Waals surface area contributed by atoms with Crippen LogP contribution in [-0.4, -0.2) is 38.7 Å². The van der Waals surface area contributed by atoms with Gasteiger partial charge in [0.05, 0.1) is 25.2 Å². The van der Waals surface area contributed by atoms with Crippen molar-refractivity contribution in [1.29, 1.82) is 0 Å². The lowest BCUT2D eigenvalue weighted by atomic mass is 9.92.